The lowest BCUT2D eigenvalue weighted by Crippen LogP contribution is -2.51. The third-order valence-electron chi connectivity index (χ3n) is 6.18. The molecular weight excluding hydrogens is 416 g/mol. The van der Waals surface area contributed by atoms with Crippen LogP contribution in [0.15, 0.2) is 33.0 Å². The fourth-order valence-corrected chi connectivity index (χ4v) is 6.43. The number of carbonyl (C=O) groups is 1. The molecule has 0 atom stereocenters. The average molecular weight is 443 g/mol. The van der Waals surface area contributed by atoms with Gasteiger partial charge in [-0.15, -0.1) is 10.2 Å². The summed E-state index contributed by atoms with van der Waals surface area (Å²) >= 11 is 3.19. The van der Waals surface area contributed by atoms with Crippen molar-refractivity contribution < 1.29 is 9.21 Å². The molecule has 1 aromatic carbocycles. The summed E-state index contributed by atoms with van der Waals surface area (Å²) in [5.74, 6) is 1.15. The van der Waals surface area contributed by atoms with E-state index in [0.29, 0.717) is 11.5 Å². The van der Waals surface area contributed by atoms with Crippen LogP contribution in [0.4, 0.5) is 0 Å². The number of furan rings is 1. The molecule has 1 saturated heterocycles. The monoisotopic (exact) mass is 442 g/mol. The van der Waals surface area contributed by atoms with Crippen molar-refractivity contribution in [2.45, 2.75) is 48.7 Å². The number of amides is 1. The van der Waals surface area contributed by atoms with Crippen molar-refractivity contribution in [3.05, 3.63) is 40.6 Å². The van der Waals surface area contributed by atoms with Crippen LogP contribution in [0.1, 0.15) is 46.8 Å². The summed E-state index contributed by atoms with van der Waals surface area (Å²) in [6, 6.07) is 8.64. The number of nitrogens with zero attached hydrogens (tertiary/aromatic N) is 4. The Balaban J connectivity index is 1.34. The minimum atomic E-state index is 0.0151. The van der Waals surface area contributed by atoms with E-state index in [0.717, 1.165) is 58.1 Å². The zero-order valence-electron chi connectivity index (χ0n) is 17.2. The molecule has 1 aliphatic carbocycles. The first-order valence-corrected chi connectivity index (χ1v) is 12.5. The van der Waals surface area contributed by atoms with Gasteiger partial charge in [0, 0.05) is 48.9 Å². The highest BCUT2D eigenvalue weighted by molar-refractivity contribution is 8.00. The number of hydrogen-bond acceptors (Lipinski definition) is 7. The smallest absolute Gasteiger partial charge is 0.290 e. The SMILES string of the molecule is Cc1nnc(SCc2c(C(=O)N3CCN(C4CCCC4)CC3)oc3ccccc23)s1. The number of carbonyl (C=O) groups excluding carboxylic acids is 1. The van der Waals surface area contributed by atoms with E-state index in [4.69, 9.17) is 4.42 Å². The molecule has 1 saturated carbocycles. The number of rotatable bonds is 5. The number of benzene rings is 1. The molecule has 1 aliphatic heterocycles. The molecule has 0 spiro atoms. The number of aryl methyl sites for hydroxylation is 1. The number of thioether (sulfide) groups is 1. The van der Waals surface area contributed by atoms with Gasteiger partial charge in [-0.1, -0.05) is 54.1 Å². The molecule has 6 nitrogen and oxygen atoms in total. The lowest BCUT2D eigenvalue weighted by atomic mass is 10.1. The number of hydrogen-bond donors (Lipinski definition) is 0. The highest BCUT2D eigenvalue weighted by Gasteiger charge is 2.31. The lowest BCUT2D eigenvalue weighted by Gasteiger charge is -2.37. The molecule has 8 heteroatoms. The minimum absolute atomic E-state index is 0.0151. The predicted molar refractivity (Wildman–Crippen MR) is 120 cm³/mol. The highest BCUT2D eigenvalue weighted by atomic mass is 32.2. The summed E-state index contributed by atoms with van der Waals surface area (Å²) in [5.41, 5.74) is 1.74. The molecule has 0 radical (unpaired) electrons. The molecular formula is C22H26N4O2S2. The van der Waals surface area contributed by atoms with E-state index >= 15 is 0 Å². The van der Waals surface area contributed by atoms with Gasteiger partial charge in [-0.3, -0.25) is 9.69 Å². The molecule has 5 rings (SSSR count). The number of fused-ring (bicyclic) bond motifs is 1. The maximum atomic E-state index is 13.4. The molecule has 30 heavy (non-hydrogen) atoms. The predicted octanol–water partition coefficient (Wildman–Crippen LogP) is 4.59. The van der Waals surface area contributed by atoms with Gasteiger partial charge in [0.05, 0.1) is 0 Å². The van der Waals surface area contributed by atoms with Crippen molar-refractivity contribution in [1.82, 2.24) is 20.0 Å². The van der Waals surface area contributed by atoms with Crippen LogP contribution < -0.4 is 0 Å². The summed E-state index contributed by atoms with van der Waals surface area (Å²) in [7, 11) is 0. The van der Waals surface area contributed by atoms with Crippen LogP contribution in [-0.4, -0.2) is 58.1 Å². The fraction of sp³-hybridized carbons (Fsp3) is 0.500. The third kappa shape index (κ3) is 4.00. The molecule has 0 unspecified atom stereocenters. The molecule has 3 heterocycles. The van der Waals surface area contributed by atoms with Crippen molar-refractivity contribution >= 4 is 40.0 Å². The minimum Gasteiger partial charge on any atom is -0.451 e. The Kier molecular flexibility index (Phi) is 5.80. The van der Waals surface area contributed by atoms with Crippen LogP contribution in [-0.2, 0) is 5.75 Å². The van der Waals surface area contributed by atoms with Crippen LogP contribution in [0.3, 0.4) is 0 Å². The van der Waals surface area contributed by atoms with Crippen molar-refractivity contribution in [2.75, 3.05) is 26.2 Å². The molecule has 2 aliphatic rings. The second kappa shape index (κ2) is 8.69. The van der Waals surface area contributed by atoms with Gasteiger partial charge in [-0.2, -0.15) is 0 Å². The topological polar surface area (TPSA) is 62.5 Å². The van der Waals surface area contributed by atoms with E-state index in [2.05, 4.69) is 15.1 Å². The second-order valence-electron chi connectivity index (χ2n) is 8.05. The molecule has 1 amide bonds. The van der Waals surface area contributed by atoms with Gasteiger partial charge in [0.1, 0.15) is 10.6 Å². The van der Waals surface area contributed by atoms with Crippen LogP contribution in [0.25, 0.3) is 11.0 Å². The summed E-state index contributed by atoms with van der Waals surface area (Å²) in [6.45, 7) is 5.42. The van der Waals surface area contributed by atoms with E-state index in [9.17, 15) is 4.79 Å². The Bertz CT molecular complexity index is 1030. The highest BCUT2D eigenvalue weighted by Crippen LogP contribution is 2.34. The molecule has 158 valence electrons. The Morgan fingerprint density at radius 3 is 2.67 bits per heavy atom. The molecule has 0 N–H and O–H groups in total. The molecule has 0 bridgehead atoms. The van der Waals surface area contributed by atoms with Crippen molar-refractivity contribution in [2.24, 2.45) is 0 Å². The zero-order valence-corrected chi connectivity index (χ0v) is 18.8. The van der Waals surface area contributed by atoms with Gasteiger partial charge in [-0.25, -0.2) is 0 Å². The van der Waals surface area contributed by atoms with Gasteiger partial charge >= 0.3 is 0 Å². The first-order chi connectivity index (χ1) is 14.7. The van der Waals surface area contributed by atoms with Gasteiger partial charge in [0.2, 0.25) is 0 Å². The van der Waals surface area contributed by atoms with Crippen molar-refractivity contribution in [1.29, 1.82) is 0 Å². The average Bonchev–Trinajstić information content (AvgIpc) is 3.52. The zero-order chi connectivity index (χ0) is 20.5. The molecule has 2 aromatic heterocycles. The quantitative estimate of drug-likeness (QED) is 0.539. The fourth-order valence-electron chi connectivity index (χ4n) is 4.59. The maximum Gasteiger partial charge on any atom is 0.290 e. The lowest BCUT2D eigenvalue weighted by molar-refractivity contribution is 0.0546. The maximum absolute atomic E-state index is 13.4. The Hall–Kier alpha value is -1.90. The second-order valence-corrected chi connectivity index (χ2v) is 10.5. The van der Waals surface area contributed by atoms with Crippen molar-refractivity contribution in [3.8, 4) is 0 Å². The number of aromatic nitrogens is 2. The van der Waals surface area contributed by atoms with Gasteiger partial charge in [-0.05, 0) is 25.8 Å². The first kappa shape index (κ1) is 20.0. The summed E-state index contributed by atoms with van der Waals surface area (Å²) in [4.78, 5) is 18.0. The van der Waals surface area contributed by atoms with Gasteiger partial charge in [0.25, 0.3) is 5.91 Å². The number of piperazine rings is 1. The number of para-hydroxylation sites is 1. The van der Waals surface area contributed by atoms with Gasteiger partial charge < -0.3 is 9.32 Å². The van der Waals surface area contributed by atoms with Crippen molar-refractivity contribution in [3.63, 3.8) is 0 Å². The Morgan fingerprint density at radius 2 is 1.93 bits per heavy atom. The standard InChI is InChI=1S/C22H26N4O2S2/c1-15-23-24-22(30-15)29-14-18-17-8-4-5-9-19(17)28-20(18)21(27)26-12-10-25(11-13-26)16-6-2-3-7-16/h4-5,8-9,16H,2-3,6-7,10-14H2,1H3. The Morgan fingerprint density at radius 1 is 1.17 bits per heavy atom. The largest absolute Gasteiger partial charge is 0.451 e. The van der Waals surface area contributed by atoms with Crippen LogP contribution >= 0.6 is 23.1 Å². The van der Waals surface area contributed by atoms with Crippen LogP contribution in [0.5, 0.6) is 0 Å². The van der Waals surface area contributed by atoms with Crippen LogP contribution in [0, 0.1) is 6.92 Å². The van der Waals surface area contributed by atoms with Crippen LogP contribution in [0.2, 0.25) is 0 Å². The third-order valence-corrected chi connectivity index (χ3v) is 8.18. The van der Waals surface area contributed by atoms with E-state index in [-0.39, 0.29) is 5.91 Å². The Labute approximate surface area is 184 Å². The van der Waals surface area contributed by atoms with Gasteiger partial charge in [0.15, 0.2) is 10.1 Å². The summed E-state index contributed by atoms with van der Waals surface area (Å²) in [5, 5.41) is 10.3. The van der Waals surface area contributed by atoms with E-state index in [1.165, 1.54) is 25.7 Å². The molecule has 3 aromatic rings. The normalized spacial score (nSPS) is 18.5. The summed E-state index contributed by atoms with van der Waals surface area (Å²) in [6.07, 6.45) is 5.31. The summed E-state index contributed by atoms with van der Waals surface area (Å²) < 4.78 is 7.00. The first-order valence-electron chi connectivity index (χ1n) is 10.7. The van der Waals surface area contributed by atoms with E-state index in [1.807, 2.05) is 36.1 Å². The van der Waals surface area contributed by atoms with E-state index < -0.39 is 0 Å². The van der Waals surface area contributed by atoms with E-state index in [1.54, 1.807) is 23.1 Å². The molecule has 2 fully saturated rings.